The zero-order valence-electron chi connectivity index (χ0n) is 17.1. The number of ether oxygens (including phenoxy) is 2. The maximum Gasteiger partial charge on any atom is 0.347 e. The molecule has 0 bridgehead atoms. The van der Waals surface area contributed by atoms with Crippen molar-refractivity contribution in [2.75, 3.05) is 33.3 Å². The molecule has 3 aliphatic heterocycles. The molecule has 3 heterocycles. The van der Waals surface area contributed by atoms with Crippen LogP contribution < -0.4 is 19.9 Å². The third kappa shape index (κ3) is 4.96. The normalized spacial score (nSPS) is 25.0. The first kappa shape index (κ1) is 20.7. The minimum Gasteiger partial charge on any atom is -0.486 e. The summed E-state index contributed by atoms with van der Waals surface area (Å²) in [7, 11) is -2.25. The zero-order chi connectivity index (χ0) is 21.1. The Morgan fingerprint density at radius 1 is 1.27 bits per heavy atom. The van der Waals surface area contributed by atoms with Gasteiger partial charge in [-0.05, 0) is 43.6 Å². The number of likely N-dealkylation sites (tertiary alicyclic amines) is 1. The number of rotatable bonds is 5. The predicted molar refractivity (Wildman–Crippen MR) is 114 cm³/mol. The molecule has 0 amide bonds. The van der Waals surface area contributed by atoms with E-state index in [-0.39, 0.29) is 18.0 Å². The van der Waals surface area contributed by atoms with Crippen LogP contribution >= 0.6 is 0 Å². The van der Waals surface area contributed by atoms with Gasteiger partial charge in [-0.15, -0.1) is 4.40 Å². The molecule has 0 radical (unpaired) electrons. The lowest BCUT2D eigenvalue weighted by Gasteiger charge is -2.29. The number of hydrogen-bond donors (Lipinski definition) is 2. The summed E-state index contributed by atoms with van der Waals surface area (Å²) in [5.74, 6) is 1.52. The van der Waals surface area contributed by atoms with E-state index in [0.29, 0.717) is 19.6 Å². The van der Waals surface area contributed by atoms with Crippen LogP contribution in [0, 0.1) is 0 Å². The molecule has 10 nitrogen and oxygen atoms in total. The summed E-state index contributed by atoms with van der Waals surface area (Å²) in [5.41, 5.74) is 6.84. The minimum atomic E-state index is -3.85. The molecule has 11 heteroatoms. The minimum absolute atomic E-state index is 0.125. The van der Waals surface area contributed by atoms with Crippen molar-refractivity contribution < 1.29 is 17.9 Å². The van der Waals surface area contributed by atoms with Crippen molar-refractivity contribution in [3.05, 3.63) is 23.8 Å². The highest BCUT2D eigenvalue weighted by atomic mass is 32.2. The van der Waals surface area contributed by atoms with Gasteiger partial charge in [0.2, 0.25) is 11.9 Å². The number of nitrogens with zero attached hydrogens (tertiary/aromatic N) is 4. The Bertz CT molecular complexity index is 942. The highest BCUT2D eigenvalue weighted by molar-refractivity contribution is 7.89. The quantitative estimate of drug-likeness (QED) is 0.695. The topological polar surface area (TPSA) is 122 Å². The summed E-state index contributed by atoms with van der Waals surface area (Å²) >= 11 is 0. The fraction of sp³-hybridized carbons (Fsp3) is 0.579. The zero-order valence-corrected chi connectivity index (χ0v) is 17.9. The van der Waals surface area contributed by atoms with Gasteiger partial charge in [-0.2, -0.15) is 8.42 Å². The van der Waals surface area contributed by atoms with E-state index in [9.17, 15) is 8.42 Å². The monoisotopic (exact) mass is 436 g/mol. The van der Waals surface area contributed by atoms with Gasteiger partial charge in [0.25, 0.3) is 0 Å². The highest BCUT2D eigenvalue weighted by Gasteiger charge is 2.25. The van der Waals surface area contributed by atoms with E-state index in [1.165, 1.54) is 29.7 Å². The van der Waals surface area contributed by atoms with E-state index < -0.39 is 10.2 Å². The lowest BCUT2D eigenvalue weighted by Crippen LogP contribution is -2.52. The van der Waals surface area contributed by atoms with Crippen molar-refractivity contribution in [1.82, 2.24) is 14.5 Å². The van der Waals surface area contributed by atoms with Crippen LogP contribution in [-0.2, 0) is 16.8 Å². The molecule has 0 spiro atoms. The predicted octanol–water partition coefficient (Wildman–Crippen LogP) is 0.653. The molecular formula is C19H28N6O4S. The van der Waals surface area contributed by atoms with Crippen LogP contribution in [0.3, 0.4) is 0 Å². The van der Waals surface area contributed by atoms with E-state index in [1.54, 1.807) is 7.05 Å². The molecule has 0 aromatic heterocycles. The summed E-state index contributed by atoms with van der Waals surface area (Å²) in [6.07, 6.45) is 4.26. The maximum atomic E-state index is 11.7. The Morgan fingerprint density at radius 3 is 2.87 bits per heavy atom. The number of benzene rings is 1. The molecule has 0 aliphatic carbocycles. The van der Waals surface area contributed by atoms with Gasteiger partial charge in [0.15, 0.2) is 11.5 Å². The van der Waals surface area contributed by atoms with Gasteiger partial charge in [0.1, 0.15) is 12.7 Å². The lowest BCUT2D eigenvalue weighted by molar-refractivity contribution is 0.0863. The van der Waals surface area contributed by atoms with Crippen molar-refractivity contribution in [3.63, 3.8) is 0 Å². The Balaban J connectivity index is 1.35. The maximum absolute atomic E-state index is 11.7. The summed E-state index contributed by atoms with van der Waals surface area (Å²) in [4.78, 5) is 8.17. The van der Waals surface area contributed by atoms with Gasteiger partial charge < -0.3 is 15.2 Å². The van der Waals surface area contributed by atoms with E-state index in [4.69, 9.17) is 15.2 Å². The summed E-state index contributed by atoms with van der Waals surface area (Å²) in [5, 5.41) is 0. The lowest BCUT2D eigenvalue weighted by atomic mass is 10.1. The first-order valence-electron chi connectivity index (χ1n) is 10.2. The van der Waals surface area contributed by atoms with Crippen molar-refractivity contribution in [2.45, 2.75) is 38.3 Å². The molecule has 0 saturated carbocycles. The van der Waals surface area contributed by atoms with E-state index in [2.05, 4.69) is 31.1 Å². The van der Waals surface area contributed by atoms with Crippen molar-refractivity contribution in [3.8, 4) is 11.5 Å². The average molecular weight is 437 g/mol. The van der Waals surface area contributed by atoms with Crippen LogP contribution in [0.5, 0.6) is 11.5 Å². The molecule has 1 saturated heterocycles. The van der Waals surface area contributed by atoms with Crippen LogP contribution in [0.4, 0.5) is 0 Å². The molecule has 1 unspecified atom stereocenters. The second-order valence-electron chi connectivity index (χ2n) is 7.75. The van der Waals surface area contributed by atoms with Gasteiger partial charge in [-0.25, -0.2) is 4.72 Å². The number of nitrogens with two attached hydrogens (primary N) is 1. The van der Waals surface area contributed by atoms with Crippen LogP contribution in [-0.4, -0.2) is 69.5 Å². The average Bonchev–Trinajstić information content (AvgIpc) is 2.71. The number of nitrogens with one attached hydrogen (secondary N) is 1. The van der Waals surface area contributed by atoms with Crippen LogP contribution in [0.1, 0.15) is 31.2 Å². The van der Waals surface area contributed by atoms with Crippen LogP contribution in [0.15, 0.2) is 27.6 Å². The number of hydrogen-bond acceptors (Lipinski definition) is 7. The van der Waals surface area contributed by atoms with Gasteiger partial charge >= 0.3 is 10.2 Å². The molecule has 30 heavy (non-hydrogen) atoms. The van der Waals surface area contributed by atoms with Gasteiger partial charge in [0, 0.05) is 26.6 Å². The number of aliphatic imine (C=N–C) groups is 1. The number of piperidine rings is 1. The molecule has 1 fully saturated rings. The van der Waals surface area contributed by atoms with Crippen LogP contribution in [0.2, 0.25) is 0 Å². The van der Waals surface area contributed by atoms with Gasteiger partial charge in [-0.3, -0.25) is 14.8 Å². The fourth-order valence-corrected chi connectivity index (χ4v) is 4.58. The Hall–Kier alpha value is -2.53. The molecule has 4 rings (SSSR count). The Kier molecular flexibility index (Phi) is 6.00. The first-order chi connectivity index (χ1) is 14.4. The summed E-state index contributed by atoms with van der Waals surface area (Å²) < 4.78 is 40.9. The second-order valence-corrected chi connectivity index (χ2v) is 9.09. The van der Waals surface area contributed by atoms with Crippen LogP contribution in [0.25, 0.3) is 0 Å². The molecule has 164 valence electrons. The van der Waals surface area contributed by atoms with E-state index in [0.717, 1.165) is 31.1 Å². The largest absolute Gasteiger partial charge is 0.486 e. The number of fused-ring (bicyclic) bond motifs is 1. The summed E-state index contributed by atoms with van der Waals surface area (Å²) in [6.45, 7) is 3.99. The second kappa shape index (κ2) is 8.68. The SMILES string of the molecule is CN1C(N)=NS(=O)(=O)NC1=NCCC1COc2ccc(CN3CCCCC3)cc2O1. The van der Waals surface area contributed by atoms with Crippen molar-refractivity contribution in [1.29, 1.82) is 0 Å². The molecule has 1 aromatic rings. The van der Waals surface area contributed by atoms with Gasteiger partial charge in [0.05, 0.1) is 0 Å². The third-order valence-corrected chi connectivity index (χ3v) is 6.26. The molecule has 1 aromatic carbocycles. The first-order valence-corrected chi connectivity index (χ1v) is 11.6. The smallest absolute Gasteiger partial charge is 0.347 e. The Labute approximate surface area is 176 Å². The van der Waals surface area contributed by atoms with Crippen molar-refractivity contribution >= 4 is 22.1 Å². The number of guanidine groups is 2. The molecule has 3 N–H and O–H groups in total. The van der Waals surface area contributed by atoms with E-state index in [1.807, 2.05) is 6.07 Å². The molecular weight excluding hydrogens is 408 g/mol. The third-order valence-electron chi connectivity index (χ3n) is 5.39. The van der Waals surface area contributed by atoms with Gasteiger partial charge in [-0.1, -0.05) is 12.5 Å². The van der Waals surface area contributed by atoms with Crippen molar-refractivity contribution in [2.24, 2.45) is 15.1 Å². The fourth-order valence-electron chi connectivity index (χ4n) is 3.73. The van der Waals surface area contributed by atoms with E-state index >= 15 is 0 Å². The Morgan fingerprint density at radius 2 is 2.07 bits per heavy atom. The molecule has 3 aliphatic rings. The summed E-state index contributed by atoms with van der Waals surface area (Å²) in [6, 6.07) is 6.13. The highest BCUT2D eigenvalue weighted by Crippen LogP contribution is 2.33. The molecule has 1 atom stereocenters. The standard InChI is InChI=1S/C19H28N6O4S/c1-24-18(20)22-30(26,27)23-19(24)21-8-7-15-13-28-16-6-5-14(11-17(16)29-15)12-25-9-3-2-4-10-25/h5-6,11,15H,2-4,7-10,12-13H2,1H3,(H2,20,22)(H,21,23).